The third kappa shape index (κ3) is 3.17. The average molecular weight is 470 g/mol. The summed E-state index contributed by atoms with van der Waals surface area (Å²) in [5.74, 6) is -0.223. The van der Waals surface area contributed by atoms with Crippen LogP contribution in [0.4, 0.5) is 5.00 Å². The molecule has 0 unspecified atom stereocenters. The van der Waals surface area contributed by atoms with Crippen molar-refractivity contribution >= 4 is 44.9 Å². The minimum absolute atomic E-state index is 0.0247. The third-order valence-electron chi connectivity index (χ3n) is 5.19. The van der Waals surface area contributed by atoms with Crippen LogP contribution in [-0.2, 0) is 0 Å². The summed E-state index contributed by atoms with van der Waals surface area (Å²) in [5.41, 5.74) is 0.563. The van der Waals surface area contributed by atoms with Crippen molar-refractivity contribution in [1.82, 2.24) is 8.94 Å². The number of aromatic hydroxyl groups is 1. The van der Waals surface area contributed by atoms with E-state index in [-0.39, 0.29) is 17.7 Å². The highest BCUT2D eigenvalue weighted by atomic mass is 35.5. The number of nitrogens with zero attached hydrogens (tertiary/aromatic N) is 3. The summed E-state index contributed by atoms with van der Waals surface area (Å²) in [6.45, 7) is 1.83. The molecule has 32 heavy (non-hydrogen) atoms. The number of rotatable bonds is 3. The average Bonchev–Trinajstić information content (AvgIpc) is 3.42. The number of hydrogen-bond acceptors (Lipinski definition) is 7. The summed E-state index contributed by atoms with van der Waals surface area (Å²) in [4.78, 5) is 28.3. The van der Waals surface area contributed by atoms with Gasteiger partial charge in [-0.3, -0.25) is 14.2 Å². The van der Waals surface area contributed by atoms with Crippen LogP contribution in [0.2, 0.25) is 5.02 Å². The fourth-order valence-corrected chi connectivity index (χ4v) is 4.42. The number of pyridine rings is 1. The maximum atomic E-state index is 13.6. The van der Waals surface area contributed by atoms with Gasteiger partial charge in [-0.05, 0) is 54.9 Å². The number of halogens is 1. The SMILES string of the molecule is Cc1cc(N(C)C(=O)c2c(O)c3cc4c(cc3n(-c3ccc(Cl)cc3)c2=O)OCO4)sn1. The fourth-order valence-electron chi connectivity index (χ4n) is 3.58. The molecule has 0 fully saturated rings. The smallest absolute Gasteiger partial charge is 0.272 e. The molecule has 0 bridgehead atoms. The monoisotopic (exact) mass is 469 g/mol. The van der Waals surface area contributed by atoms with E-state index >= 15 is 0 Å². The van der Waals surface area contributed by atoms with Gasteiger partial charge < -0.3 is 19.5 Å². The van der Waals surface area contributed by atoms with Crippen molar-refractivity contribution in [3.8, 4) is 22.9 Å². The first kappa shape index (κ1) is 20.3. The van der Waals surface area contributed by atoms with Gasteiger partial charge in [0.05, 0.1) is 11.2 Å². The Kier molecular flexibility index (Phi) is 4.79. The highest BCUT2D eigenvalue weighted by Crippen LogP contribution is 2.40. The van der Waals surface area contributed by atoms with Gasteiger partial charge in [0, 0.05) is 29.2 Å². The number of benzene rings is 2. The Morgan fingerprint density at radius 2 is 1.88 bits per heavy atom. The van der Waals surface area contributed by atoms with E-state index in [2.05, 4.69) is 4.37 Å². The normalized spacial score (nSPS) is 12.3. The lowest BCUT2D eigenvalue weighted by molar-refractivity contribution is 0.0989. The summed E-state index contributed by atoms with van der Waals surface area (Å²) < 4.78 is 16.4. The van der Waals surface area contributed by atoms with E-state index in [4.69, 9.17) is 21.1 Å². The van der Waals surface area contributed by atoms with Gasteiger partial charge in [0.2, 0.25) is 6.79 Å². The molecule has 0 saturated carbocycles. The predicted octanol–water partition coefficient (Wildman–Crippen LogP) is 4.12. The molecular weight excluding hydrogens is 454 g/mol. The molecule has 0 radical (unpaired) electrons. The number of carbonyl (C=O) groups is 1. The van der Waals surface area contributed by atoms with E-state index in [9.17, 15) is 14.7 Å². The van der Waals surface area contributed by atoms with Crippen LogP contribution in [0.1, 0.15) is 16.1 Å². The Morgan fingerprint density at radius 1 is 1.19 bits per heavy atom. The van der Waals surface area contributed by atoms with Gasteiger partial charge in [-0.25, -0.2) is 0 Å². The van der Waals surface area contributed by atoms with Crippen molar-refractivity contribution in [2.24, 2.45) is 0 Å². The van der Waals surface area contributed by atoms with Crippen molar-refractivity contribution < 1.29 is 19.4 Å². The second-order valence-corrected chi connectivity index (χ2v) is 8.45. The molecule has 4 aromatic rings. The second-order valence-electron chi connectivity index (χ2n) is 7.23. The maximum Gasteiger partial charge on any atom is 0.272 e. The molecule has 0 atom stereocenters. The Bertz CT molecular complexity index is 1440. The van der Waals surface area contributed by atoms with Gasteiger partial charge in [-0.15, -0.1) is 0 Å². The first-order chi connectivity index (χ1) is 15.3. The van der Waals surface area contributed by atoms with E-state index in [1.807, 2.05) is 6.92 Å². The van der Waals surface area contributed by atoms with Gasteiger partial charge >= 0.3 is 0 Å². The summed E-state index contributed by atoms with van der Waals surface area (Å²) in [5, 5.41) is 12.4. The number of anilines is 1. The first-order valence-corrected chi connectivity index (χ1v) is 10.7. The molecule has 0 saturated heterocycles. The van der Waals surface area contributed by atoms with E-state index < -0.39 is 17.2 Å². The van der Waals surface area contributed by atoms with Crippen LogP contribution < -0.4 is 19.9 Å². The minimum Gasteiger partial charge on any atom is -0.506 e. The second kappa shape index (κ2) is 7.54. The van der Waals surface area contributed by atoms with Crippen LogP contribution in [0.3, 0.4) is 0 Å². The Balaban J connectivity index is 1.80. The number of fused-ring (bicyclic) bond motifs is 2. The Labute approximate surface area is 191 Å². The van der Waals surface area contributed by atoms with E-state index in [0.717, 1.165) is 17.2 Å². The largest absolute Gasteiger partial charge is 0.506 e. The highest BCUT2D eigenvalue weighted by Gasteiger charge is 2.28. The van der Waals surface area contributed by atoms with E-state index in [0.29, 0.717) is 32.7 Å². The highest BCUT2D eigenvalue weighted by molar-refractivity contribution is 7.10. The van der Waals surface area contributed by atoms with Crippen LogP contribution in [0, 0.1) is 6.92 Å². The van der Waals surface area contributed by atoms with Gasteiger partial charge in [0.15, 0.2) is 11.5 Å². The zero-order valence-corrected chi connectivity index (χ0v) is 18.5. The Hall–Kier alpha value is -3.56. The lowest BCUT2D eigenvalue weighted by Crippen LogP contribution is -2.34. The summed E-state index contributed by atoms with van der Waals surface area (Å²) >= 11 is 7.15. The van der Waals surface area contributed by atoms with Crippen molar-refractivity contribution in [2.75, 3.05) is 18.7 Å². The van der Waals surface area contributed by atoms with Crippen molar-refractivity contribution in [1.29, 1.82) is 0 Å². The van der Waals surface area contributed by atoms with Gasteiger partial charge in [0.1, 0.15) is 16.3 Å². The van der Waals surface area contributed by atoms with Crippen LogP contribution in [0.15, 0.2) is 47.3 Å². The summed E-state index contributed by atoms with van der Waals surface area (Å²) in [6.07, 6.45) is 0. The molecule has 8 nitrogen and oxygen atoms in total. The third-order valence-corrected chi connectivity index (χ3v) is 6.40. The van der Waals surface area contributed by atoms with Crippen LogP contribution in [0.25, 0.3) is 16.6 Å². The molecule has 0 aliphatic carbocycles. The van der Waals surface area contributed by atoms with Gasteiger partial charge in [-0.1, -0.05) is 11.6 Å². The zero-order valence-electron chi connectivity index (χ0n) is 17.0. The molecule has 0 spiro atoms. The molecule has 5 rings (SSSR count). The molecule has 1 aliphatic rings. The zero-order chi connectivity index (χ0) is 22.6. The number of carbonyl (C=O) groups excluding carboxylic acids is 1. The molecular formula is C22H16ClN3O5S. The van der Waals surface area contributed by atoms with Crippen LogP contribution >= 0.6 is 23.1 Å². The molecule has 1 aliphatic heterocycles. The number of hydrogen-bond donors (Lipinski definition) is 1. The molecule has 1 N–H and O–H groups in total. The standard InChI is InChI=1S/C22H16ClN3O5S/c1-11-7-18(32-24-11)25(2)21(28)19-20(27)14-8-16-17(31-10-30-16)9-15(14)26(22(19)29)13-5-3-12(23)4-6-13/h3-9,27H,10H2,1-2H3. The molecule has 10 heteroatoms. The lowest BCUT2D eigenvalue weighted by atomic mass is 10.1. The van der Waals surface area contributed by atoms with Crippen molar-refractivity contribution in [3.63, 3.8) is 0 Å². The quantitative estimate of drug-likeness (QED) is 0.485. The number of aromatic nitrogens is 2. The summed E-state index contributed by atoms with van der Waals surface area (Å²) in [6, 6.07) is 11.5. The van der Waals surface area contributed by atoms with E-state index in [1.54, 1.807) is 42.5 Å². The van der Waals surface area contributed by atoms with Gasteiger partial charge in [-0.2, -0.15) is 4.37 Å². The maximum absolute atomic E-state index is 13.6. The predicted molar refractivity (Wildman–Crippen MR) is 122 cm³/mol. The van der Waals surface area contributed by atoms with Crippen molar-refractivity contribution in [3.05, 3.63) is 69.1 Å². The summed E-state index contributed by atoms with van der Waals surface area (Å²) in [7, 11) is 1.53. The van der Waals surface area contributed by atoms with Gasteiger partial charge in [0.25, 0.3) is 11.5 Å². The Morgan fingerprint density at radius 3 is 2.53 bits per heavy atom. The molecule has 2 aromatic heterocycles. The lowest BCUT2D eigenvalue weighted by Gasteiger charge is -2.19. The molecule has 3 heterocycles. The fraction of sp³-hybridized carbons (Fsp3) is 0.136. The van der Waals surface area contributed by atoms with E-state index in [1.165, 1.54) is 16.5 Å². The van der Waals surface area contributed by atoms with Crippen molar-refractivity contribution in [2.45, 2.75) is 6.92 Å². The van der Waals surface area contributed by atoms with Crippen LogP contribution in [0.5, 0.6) is 17.2 Å². The minimum atomic E-state index is -0.672. The molecule has 1 amide bonds. The van der Waals surface area contributed by atoms with Crippen LogP contribution in [-0.4, -0.2) is 33.8 Å². The number of ether oxygens (including phenoxy) is 2. The molecule has 162 valence electrons. The first-order valence-electron chi connectivity index (χ1n) is 9.54. The molecule has 2 aromatic carbocycles. The number of amides is 1. The topological polar surface area (TPSA) is 93.9 Å². The number of aryl methyl sites for hydroxylation is 1.